The van der Waals surface area contributed by atoms with Gasteiger partial charge in [0.15, 0.2) is 0 Å². The molecule has 0 saturated carbocycles. The van der Waals surface area contributed by atoms with E-state index in [0.29, 0.717) is 12.2 Å². The molecule has 0 spiro atoms. The average Bonchev–Trinajstić information content (AvgIpc) is 2.63. The topological polar surface area (TPSA) is 67.9 Å². The number of benzene rings is 2. The fraction of sp³-hybridized carbons (Fsp3) is 0.300. The van der Waals surface area contributed by atoms with E-state index in [2.05, 4.69) is 10.1 Å². The molecule has 0 radical (unpaired) electrons. The van der Waals surface area contributed by atoms with Crippen LogP contribution in [-0.4, -0.2) is 42.8 Å². The Morgan fingerprint density at radius 3 is 2.24 bits per heavy atom. The molecule has 2 aromatic rings. The first-order chi connectivity index (χ1) is 13.7. The molecule has 2 rings (SSSR count). The number of alkyl halides is 3. The van der Waals surface area contributed by atoms with E-state index in [-0.39, 0.29) is 25.4 Å². The Morgan fingerprint density at radius 2 is 1.66 bits per heavy atom. The Morgan fingerprint density at radius 1 is 1.00 bits per heavy atom. The van der Waals surface area contributed by atoms with Gasteiger partial charge >= 0.3 is 12.3 Å². The number of rotatable bonds is 9. The number of amides is 1. The molecule has 0 unspecified atom stereocenters. The maximum absolute atomic E-state index is 12.4. The largest absolute Gasteiger partial charge is 0.573 e. The lowest BCUT2D eigenvalue weighted by molar-refractivity contribution is -0.274. The number of nitrogens with one attached hydrogen (secondary N) is 1. The monoisotopic (exact) mass is 410 g/mol. The van der Waals surface area contributed by atoms with Crippen molar-refractivity contribution >= 4 is 17.6 Å². The third-order valence-electron chi connectivity index (χ3n) is 3.65. The SMILES string of the molecule is CCOC(=O)CN(CC(=O)Nc1ccc(OC(F)(F)F)cc1)Cc1ccccc1. The van der Waals surface area contributed by atoms with Crippen LogP contribution in [0.1, 0.15) is 12.5 Å². The number of hydrogen-bond donors (Lipinski definition) is 1. The van der Waals surface area contributed by atoms with E-state index < -0.39 is 18.2 Å². The summed E-state index contributed by atoms with van der Waals surface area (Å²) in [5, 5.41) is 2.58. The molecule has 6 nitrogen and oxygen atoms in total. The molecule has 156 valence electrons. The molecule has 0 aliphatic carbocycles. The van der Waals surface area contributed by atoms with E-state index in [1.807, 2.05) is 30.3 Å². The maximum atomic E-state index is 12.4. The first kappa shape index (κ1) is 22.2. The molecule has 0 aliphatic heterocycles. The molecular weight excluding hydrogens is 389 g/mol. The first-order valence-electron chi connectivity index (χ1n) is 8.82. The lowest BCUT2D eigenvalue weighted by Crippen LogP contribution is -2.37. The fourth-order valence-corrected chi connectivity index (χ4v) is 2.54. The zero-order valence-corrected chi connectivity index (χ0v) is 15.7. The van der Waals surface area contributed by atoms with Gasteiger partial charge in [0.05, 0.1) is 19.7 Å². The van der Waals surface area contributed by atoms with Gasteiger partial charge in [-0.3, -0.25) is 14.5 Å². The van der Waals surface area contributed by atoms with E-state index in [0.717, 1.165) is 17.7 Å². The lowest BCUT2D eigenvalue weighted by Gasteiger charge is -2.21. The van der Waals surface area contributed by atoms with Crippen molar-refractivity contribution in [1.29, 1.82) is 0 Å². The van der Waals surface area contributed by atoms with Crippen molar-refractivity contribution in [2.45, 2.75) is 19.8 Å². The van der Waals surface area contributed by atoms with E-state index >= 15 is 0 Å². The second kappa shape index (κ2) is 10.5. The van der Waals surface area contributed by atoms with Gasteiger partial charge < -0.3 is 14.8 Å². The van der Waals surface area contributed by atoms with Gasteiger partial charge in [0.1, 0.15) is 5.75 Å². The Hall–Kier alpha value is -3.07. The van der Waals surface area contributed by atoms with E-state index in [1.54, 1.807) is 11.8 Å². The molecule has 1 amide bonds. The first-order valence-corrected chi connectivity index (χ1v) is 8.82. The molecule has 0 atom stereocenters. The van der Waals surface area contributed by atoms with Crippen LogP contribution in [0.2, 0.25) is 0 Å². The molecule has 0 fully saturated rings. The minimum Gasteiger partial charge on any atom is -0.465 e. The Bertz CT molecular complexity index is 796. The van der Waals surface area contributed by atoms with E-state index in [9.17, 15) is 22.8 Å². The van der Waals surface area contributed by atoms with Crippen LogP contribution in [0.4, 0.5) is 18.9 Å². The van der Waals surface area contributed by atoms with Gasteiger partial charge in [0, 0.05) is 12.2 Å². The number of carbonyl (C=O) groups is 2. The van der Waals surface area contributed by atoms with E-state index in [1.165, 1.54) is 12.1 Å². The predicted octanol–water partition coefficient (Wildman–Crippen LogP) is 3.59. The van der Waals surface area contributed by atoms with Crippen molar-refractivity contribution < 1.29 is 32.2 Å². The summed E-state index contributed by atoms with van der Waals surface area (Å²) in [7, 11) is 0. The summed E-state index contributed by atoms with van der Waals surface area (Å²) in [4.78, 5) is 25.8. The van der Waals surface area contributed by atoms with Crippen LogP contribution < -0.4 is 10.1 Å². The molecule has 0 aliphatic rings. The van der Waals surface area contributed by atoms with Gasteiger partial charge in [-0.2, -0.15) is 0 Å². The van der Waals surface area contributed by atoms with Crippen molar-refractivity contribution in [2.24, 2.45) is 0 Å². The third-order valence-corrected chi connectivity index (χ3v) is 3.65. The molecule has 9 heteroatoms. The van der Waals surface area contributed by atoms with Crippen molar-refractivity contribution in [3.8, 4) is 5.75 Å². The van der Waals surface area contributed by atoms with E-state index in [4.69, 9.17) is 4.74 Å². The number of halogens is 3. The summed E-state index contributed by atoms with van der Waals surface area (Å²) >= 11 is 0. The zero-order valence-electron chi connectivity index (χ0n) is 15.7. The van der Waals surface area contributed by atoms with Crippen LogP contribution in [0, 0.1) is 0 Å². The van der Waals surface area contributed by atoms with Crippen LogP contribution in [0.5, 0.6) is 5.75 Å². The van der Waals surface area contributed by atoms with Crippen molar-refractivity contribution in [3.63, 3.8) is 0 Å². The van der Waals surface area contributed by atoms with Gasteiger partial charge in [-0.15, -0.1) is 13.2 Å². The quantitative estimate of drug-likeness (QED) is 0.640. The highest BCUT2D eigenvalue weighted by atomic mass is 19.4. The second-order valence-electron chi connectivity index (χ2n) is 6.06. The molecule has 2 aromatic carbocycles. The van der Waals surface area contributed by atoms with Gasteiger partial charge in [-0.05, 0) is 36.8 Å². The standard InChI is InChI=1S/C20H21F3N2O4/c1-2-28-19(27)14-25(12-15-6-4-3-5-7-15)13-18(26)24-16-8-10-17(11-9-16)29-20(21,22)23/h3-11H,2,12-14H2,1H3,(H,24,26). The summed E-state index contributed by atoms with van der Waals surface area (Å²) in [5.74, 6) is -1.26. The highest BCUT2D eigenvalue weighted by molar-refractivity contribution is 5.92. The van der Waals surface area contributed by atoms with Crippen LogP contribution in [-0.2, 0) is 20.9 Å². The second-order valence-corrected chi connectivity index (χ2v) is 6.06. The number of nitrogens with zero attached hydrogens (tertiary/aromatic N) is 1. The number of carbonyl (C=O) groups excluding carboxylic acids is 2. The average molecular weight is 410 g/mol. The normalized spacial score (nSPS) is 11.2. The van der Waals surface area contributed by atoms with Crippen molar-refractivity contribution in [2.75, 3.05) is 25.0 Å². The Balaban J connectivity index is 1.98. The fourth-order valence-electron chi connectivity index (χ4n) is 2.54. The summed E-state index contributed by atoms with van der Waals surface area (Å²) in [6, 6.07) is 14.1. The van der Waals surface area contributed by atoms with Gasteiger partial charge in [-0.25, -0.2) is 0 Å². The Kier molecular flexibility index (Phi) is 8.02. The summed E-state index contributed by atoms with van der Waals surface area (Å²) < 4.78 is 45.3. The number of hydrogen-bond acceptors (Lipinski definition) is 5. The third kappa shape index (κ3) is 8.65. The molecule has 1 N–H and O–H groups in total. The van der Waals surface area contributed by atoms with Crippen LogP contribution >= 0.6 is 0 Å². The summed E-state index contributed by atoms with van der Waals surface area (Å²) in [6.07, 6.45) is -4.78. The number of esters is 1. The minimum absolute atomic E-state index is 0.0749. The predicted molar refractivity (Wildman–Crippen MR) is 100 cm³/mol. The lowest BCUT2D eigenvalue weighted by atomic mass is 10.2. The number of ether oxygens (including phenoxy) is 2. The van der Waals surface area contributed by atoms with Crippen molar-refractivity contribution in [1.82, 2.24) is 4.90 Å². The molecular formula is C20H21F3N2O4. The number of anilines is 1. The molecule has 29 heavy (non-hydrogen) atoms. The van der Waals surface area contributed by atoms with Crippen LogP contribution in [0.15, 0.2) is 54.6 Å². The molecule has 0 saturated heterocycles. The highest BCUT2D eigenvalue weighted by Gasteiger charge is 2.31. The molecule has 0 aromatic heterocycles. The van der Waals surface area contributed by atoms with Gasteiger partial charge in [-0.1, -0.05) is 30.3 Å². The molecule has 0 bridgehead atoms. The maximum Gasteiger partial charge on any atom is 0.573 e. The zero-order chi connectivity index (χ0) is 21.3. The van der Waals surface area contributed by atoms with Crippen molar-refractivity contribution in [3.05, 3.63) is 60.2 Å². The summed E-state index contributed by atoms with van der Waals surface area (Å²) in [5.41, 5.74) is 1.22. The molecule has 0 heterocycles. The highest BCUT2D eigenvalue weighted by Crippen LogP contribution is 2.23. The van der Waals surface area contributed by atoms with Crippen LogP contribution in [0.25, 0.3) is 0 Å². The minimum atomic E-state index is -4.78. The summed E-state index contributed by atoms with van der Waals surface area (Å²) in [6.45, 7) is 2.10. The van der Waals surface area contributed by atoms with Crippen LogP contribution in [0.3, 0.4) is 0 Å². The van der Waals surface area contributed by atoms with Gasteiger partial charge in [0.25, 0.3) is 0 Å². The smallest absolute Gasteiger partial charge is 0.465 e. The Labute approximate surface area is 166 Å². The van der Waals surface area contributed by atoms with Gasteiger partial charge in [0.2, 0.25) is 5.91 Å².